The molecule has 3 rings (SSSR count). The second-order valence-corrected chi connectivity index (χ2v) is 7.32. The van der Waals surface area contributed by atoms with Crippen molar-refractivity contribution in [2.24, 2.45) is 11.7 Å². The summed E-state index contributed by atoms with van der Waals surface area (Å²) in [7, 11) is 0. The minimum absolute atomic E-state index is 0. The number of benzene rings is 2. The lowest BCUT2D eigenvalue weighted by Crippen LogP contribution is -2.46. The first-order valence-electron chi connectivity index (χ1n) is 8.70. The molecule has 0 aliphatic carbocycles. The average Bonchev–Trinajstić information content (AvgIpc) is 2.66. The summed E-state index contributed by atoms with van der Waals surface area (Å²) < 4.78 is 5.33. The van der Waals surface area contributed by atoms with Gasteiger partial charge in [0.15, 0.2) is 0 Å². The summed E-state index contributed by atoms with van der Waals surface area (Å²) in [5.41, 5.74) is 8.97. The van der Waals surface area contributed by atoms with Gasteiger partial charge in [0.25, 0.3) is 0 Å². The zero-order valence-corrected chi connectivity index (χ0v) is 17.1. The summed E-state index contributed by atoms with van der Waals surface area (Å²) in [6, 6.07) is 12.7. The van der Waals surface area contributed by atoms with E-state index >= 15 is 0 Å². The number of rotatable bonds is 5. The van der Waals surface area contributed by atoms with Gasteiger partial charge in [0.1, 0.15) is 0 Å². The number of hydrogen-bond acceptors (Lipinski definition) is 3. The van der Waals surface area contributed by atoms with Crippen LogP contribution in [0.1, 0.15) is 18.4 Å². The Hall–Kier alpha value is -1.30. The summed E-state index contributed by atoms with van der Waals surface area (Å²) in [5, 5.41) is 4.13. The third-order valence-electron chi connectivity index (χ3n) is 4.77. The van der Waals surface area contributed by atoms with E-state index in [9.17, 15) is 4.79 Å². The van der Waals surface area contributed by atoms with Crippen LogP contribution in [0.25, 0.3) is 11.1 Å². The molecule has 4 nitrogen and oxygen atoms in total. The minimum atomic E-state index is -0.509. The van der Waals surface area contributed by atoms with Crippen LogP contribution in [0.15, 0.2) is 42.5 Å². The smallest absolute Gasteiger partial charge is 0.237 e. The van der Waals surface area contributed by atoms with E-state index in [4.69, 9.17) is 33.7 Å². The van der Waals surface area contributed by atoms with Crippen molar-refractivity contribution in [3.05, 3.63) is 58.1 Å². The normalized spacial score (nSPS) is 15.7. The SMILES string of the molecule is Cl.NC(C(=O)NCc1ccccc1-c1ccc(Cl)cc1Cl)C1CCOCC1. The number of nitrogens with one attached hydrogen (secondary N) is 1. The van der Waals surface area contributed by atoms with E-state index < -0.39 is 6.04 Å². The average molecular weight is 430 g/mol. The molecule has 3 N–H and O–H groups in total. The zero-order valence-electron chi connectivity index (χ0n) is 14.8. The highest BCUT2D eigenvalue weighted by atomic mass is 35.5. The van der Waals surface area contributed by atoms with Gasteiger partial charge in [0.2, 0.25) is 5.91 Å². The maximum atomic E-state index is 12.5. The minimum Gasteiger partial charge on any atom is -0.381 e. The van der Waals surface area contributed by atoms with Gasteiger partial charge in [-0.3, -0.25) is 4.79 Å². The fourth-order valence-corrected chi connectivity index (χ4v) is 3.74. The molecule has 27 heavy (non-hydrogen) atoms. The lowest BCUT2D eigenvalue weighted by Gasteiger charge is -2.26. The predicted octanol–water partition coefficient (Wildman–Crippen LogP) is 4.45. The van der Waals surface area contributed by atoms with Gasteiger partial charge in [-0.1, -0.05) is 53.5 Å². The third kappa shape index (κ3) is 5.59. The van der Waals surface area contributed by atoms with Crippen LogP contribution in [0.4, 0.5) is 0 Å². The maximum Gasteiger partial charge on any atom is 0.237 e. The van der Waals surface area contributed by atoms with Gasteiger partial charge in [-0.05, 0) is 42.0 Å². The van der Waals surface area contributed by atoms with Crippen LogP contribution in [-0.2, 0) is 16.1 Å². The monoisotopic (exact) mass is 428 g/mol. The van der Waals surface area contributed by atoms with Gasteiger partial charge in [0, 0.05) is 35.4 Å². The highest BCUT2D eigenvalue weighted by Crippen LogP contribution is 2.32. The molecule has 0 saturated carbocycles. The lowest BCUT2D eigenvalue weighted by molar-refractivity contribution is -0.124. The van der Waals surface area contributed by atoms with Gasteiger partial charge >= 0.3 is 0 Å². The van der Waals surface area contributed by atoms with E-state index in [-0.39, 0.29) is 24.2 Å². The van der Waals surface area contributed by atoms with Crippen LogP contribution in [0.3, 0.4) is 0 Å². The Kier molecular flexibility index (Phi) is 8.39. The van der Waals surface area contributed by atoms with Gasteiger partial charge < -0.3 is 15.8 Å². The molecule has 1 aliphatic rings. The molecule has 0 aromatic heterocycles. The van der Waals surface area contributed by atoms with Crippen LogP contribution in [0.2, 0.25) is 10.0 Å². The molecule has 0 radical (unpaired) electrons. The van der Waals surface area contributed by atoms with Crippen molar-refractivity contribution in [3.63, 3.8) is 0 Å². The van der Waals surface area contributed by atoms with Crippen LogP contribution in [0.5, 0.6) is 0 Å². The molecular formula is C20H23Cl3N2O2. The van der Waals surface area contributed by atoms with Crippen LogP contribution >= 0.6 is 35.6 Å². The van der Waals surface area contributed by atoms with Crippen molar-refractivity contribution >= 4 is 41.5 Å². The Labute approximate surface area is 175 Å². The second kappa shape index (κ2) is 10.3. The standard InChI is InChI=1S/C20H22Cl2N2O2.ClH/c21-15-5-6-17(18(22)11-15)16-4-2-1-3-14(16)12-24-20(25)19(23)13-7-9-26-10-8-13;/h1-6,11,13,19H,7-10,12,23H2,(H,24,25);1H. The van der Waals surface area contributed by atoms with E-state index in [0.29, 0.717) is 29.8 Å². The van der Waals surface area contributed by atoms with Crippen molar-refractivity contribution in [3.8, 4) is 11.1 Å². The lowest BCUT2D eigenvalue weighted by atomic mass is 9.91. The zero-order chi connectivity index (χ0) is 18.5. The Morgan fingerprint density at radius 1 is 1.15 bits per heavy atom. The predicted molar refractivity (Wildman–Crippen MR) is 113 cm³/mol. The number of ether oxygens (including phenoxy) is 1. The maximum absolute atomic E-state index is 12.5. The topological polar surface area (TPSA) is 64.4 Å². The number of carbonyl (C=O) groups is 1. The summed E-state index contributed by atoms with van der Waals surface area (Å²) in [6.45, 7) is 1.73. The summed E-state index contributed by atoms with van der Waals surface area (Å²) >= 11 is 12.3. The molecule has 0 bridgehead atoms. The number of halogens is 3. The fraction of sp³-hybridized carbons (Fsp3) is 0.350. The molecule has 1 fully saturated rings. The quantitative estimate of drug-likeness (QED) is 0.738. The largest absolute Gasteiger partial charge is 0.381 e. The molecule has 2 aromatic carbocycles. The number of nitrogens with two attached hydrogens (primary N) is 1. The molecule has 0 spiro atoms. The Bertz CT molecular complexity index is 780. The first-order valence-corrected chi connectivity index (χ1v) is 9.46. The molecule has 1 heterocycles. The Balaban J connectivity index is 0.00000261. The molecule has 146 valence electrons. The highest BCUT2D eigenvalue weighted by Gasteiger charge is 2.26. The summed E-state index contributed by atoms with van der Waals surface area (Å²) in [4.78, 5) is 12.5. The molecular weight excluding hydrogens is 407 g/mol. The first kappa shape index (κ1) is 22.0. The van der Waals surface area contributed by atoms with Crippen LogP contribution in [-0.4, -0.2) is 25.2 Å². The first-order chi connectivity index (χ1) is 12.6. The van der Waals surface area contributed by atoms with Crippen molar-refractivity contribution < 1.29 is 9.53 Å². The van der Waals surface area contributed by atoms with E-state index in [1.165, 1.54) is 0 Å². The van der Waals surface area contributed by atoms with E-state index in [1.54, 1.807) is 12.1 Å². The van der Waals surface area contributed by atoms with Crippen molar-refractivity contribution in [2.45, 2.75) is 25.4 Å². The molecule has 1 saturated heterocycles. The van der Waals surface area contributed by atoms with Gasteiger partial charge in [0.05, 0.1) is 6.04 Å². The fourth-order valence-electron chi connectivity index (χ4n) is 3.23. The van der Waals surface area contributed by atoms with Gasteiger partial charge in [-0.15, -0.1) is 12.4 Å². The molecule has 1 unspecified atom stereocenters. The van der Waals surface area contributed by atoms with Gasteiger partial charge in [-0.2, -0.15) is 0 Å². The molecule has 1 aliphatic heterocycles. The van der Waals surface area contributed by atoms with Crippen molar-refractivity contribution in [1.29, 1.82) is 0 Å². The Morgan fingerprint density at radius 3 is 2.56 bits per heavy atom. The molecule has 7 heteroatoms. The number of amides is 1. The van der Waals surface area contributed by atoms with Crippen LogP contribution < -0.4 is 11.1 Å². The van der Waals surface area contributed by atoms with Crippen molar-refractivity contribution in [2.75, 3.05) is 13.2 Å². The summed E-state index contributed by atoms with van der Waals surface area (Å²) in [6.07, 6.45) is 1.65. The molecule has 2 aromatic rings. The second-order valence-electron chi connectivity index (χ2n) is 6.47. The van der Waals surface area contributed by atoms with Crippen LogP contribution in [0, 0.1) is 5.92 Å². The van der Waals surface area contributed by atoms with E-state index in [2.05, 4.69) is 5.32 Å². The van der Waals surface area contributed by atoms with Crippen molar-refractivity contribution in [1.82, 2.24) is 5.32 Å². The molecule has 1 atom stereocenters. The van der Waals surface area contributed by atoms with E-state index in [0.717, 1.165) is 29.5 Å². The Morgan fingerprint density at radius 2 is 1.85 bits per heavy atom. The molecule has 1 amide bonds. The summed E-state index contributed by atoms with van der Waals surface area (Å²) in [5.74, 6) is 0.0404. The highest BCUT2D eigenvalue weighted by molar-refractivity contribution is 6.36. The van der Waals surface area contributed by atoms with E-state index in [1.807, 2.05) is 30.3 Å². The van der Waals surface area contributed by atoms with Gasteiger partial charge in [-0.25, -0.2) is 0 Å². The third-order valence-corrected chi connectivity index (χ3v) is 5.32. The number of hydrogen-bond donors (Lipinski definition) is 2. The number of carbonyl (C=O) groups excluding carboxylic acids is 1.